The Kier molecular flexibility index (Phi) is 5.30. The quantitative estimate of drug-likeness (QED) is 0.801. The van der Waals surface area contributed by atoms with Crippen molar-refractivity contribution in [2.45, 2.75) is 31.6 Å². The smallest absolute Gasteiger partial charge is 0.329 e. The van der Waals surface area contributed by atoms with Gasteiger partial charge in [0, 0.05) is 0 Å². The third-order valence-electron chi connectivity index (χ3n) is 2.62. The highest BCUT2D eigenvalue weighted by Gasteiger charge is 2.20. The van der Waals surface area contributed by atoms with E-state index in [1.165, 1.54) is 12.1 Å². The van der Waals surface area contributed by atoms with Crippen molar-refractivity contribution in [3.05, 3.63) is 30.3 Å². The highest BCUT2D eigenvalue weighted by atomic mass is 32.2. The molecule has 1 N–H and O–H groups in total. The maximum atomic E-state index is 11.7. The Morgan fingerprint density at radius 1 is 1.22 bits per heavy atom. The molecular weight excluding hydrogens is 254 g/mol. The van der Waals surface area contributed by atoms with Crippen molar-refractivity contribution >= 4 is 16.0 Å². The fraction of sp³-hybridized carbons (Fsp3) is 0.417. The van der Waals surface area contributed by atoms with Crippen molar-refractivity contribution in [3.63, 3.8) is 0 Å². The molecule has 0 amide bonds. The molecule has 0 aromatic heterocycles. The number of carbonyl (C=O) groups is 1. The number of nitrogens with one attached hydrogen (secondary N) is 1. The van der Waals surface area contributed by atoms with Gasteiger partial charge in [0.2, 0.25) is 0 Å². The van der Waals surface area contributed by atoms with E-state index in [2.05, 4.69) is 4.84 Å². The molecule has 0 heterocycles. The fourth-order valence-electron chi connectivity index (χ4n) is 1.45. The molecule has 0 radical (unpaired) electrons. The predicted octanol–water partition coefficient (Wildman–Crippen LogP) is 1.86. The minimum Gasteiger partial charge on any atom is -0.355 e. The molecule has 0 saturated carbocycles. The van der Waals surface area contributed by atoms with E-state index in [1.807, 2.05) is 18.7 Å². The van der Waals surface area contributed by atoms with Crippen LogP contribution < -0.4 is 4.89 Å². The van der Waals surface area contributed by atoms with Gasteiger partial charge in [0.1, 0.15) is 0 Å². The van der Waals surface area contributed by atoms with E-state index >= 15 is 0 Å². The molecule has 1 aromatic rings. The van der Waals surface area contributed by atoms with Gasteiger partial charge >= 0.3 is 5.97 Å². The van der Waals surface area contributed by atoms with E-state index in [4.69, 9.17) is 0 Å². The van der Waals surface area contributed by atoms with Gasteiger partial charge in [-0.15, -0.1) is 0 Å². The first-order chi connectivity index (χ1) is 8.51. The van der Waals surface area contributed by atoms with Crippen molar-refractivity contribution < 1.29 is 18.0 Å². The zero-order valence-corrected chi connectivity index (χ0v) is 11.2. The lowest BCUT2D eigenvalue weighted by Crippen LogP contribution is -2.30. The zero-order chi connectivity index (χ0) is 13.6. The van der Waals surface area contributed by atoms with Gasteiger partial charge < -0.3 is 4.84 Å². The number of rotatable bonds is 6. The molecule has 0 fully saturated rings. The van der Waals surface area contributed by atoms with E-state index in [-0.39, 0.29) is 10.8 Å². The van der Waals surface area contributed by atoms with Gasteiger partial charge in [-0.1, -0.05) is 32.0 Å². The predicted molar refractivity (Wildman–Crippen MR) is 66.9 cm³/mol. The summed E-state index contributed by atoms with van der Waals surface area (Å²) in [5, 5.41) is 0. The highest BCUT2D eigenvalue weighted by Crippen LogP contribution is 2.11. The second kappa shape index (κ2) is 6.51. The Hall–Kier alpha value is -1.40. The van der Waals surface area contributed by atoms with Crippen LogP contribution in [0.1, 0.15) is 26.7 Å². The summed E-state index contributed by atoms with van der Waals surface area (Å²) < 4.78 is 23.5. The molecule has 0 unspecified atom stereocenters. The molecule has 5 nitrogen and oxygen atoms in total. The van der Waals surface area contributed by atoms with E-state index in [0.29, 0.717) is 12.8 Å². The van der Waals surface area contributed by atoms with E-state index < -0.39 is 16.0 Å². The number of hydrogen-bond acceptors (Lipinski definition) is 4. The van der Waals surface area contributed by atoms with Crippen LogP contribution in [-0.2, 0) is 19.7 Å². The lowest BCUT2D eigenvalue weighted by molar-refractivity contribution is -0.152. The van der Waals surface area contributed by atoms with Crippen LogP contribution in [0.3, 0.4) is 0 Å². The van der Waals surface area contributed by atoms with Crippen LogP contribution in [0.15, 0.2) is 35.2 Å². The van der Waals surface area contributed by atoms with Gasteiger partial charge in [-0.25, -0.2) is 8.42 Å². The maximum Gasteiger partial charge on any atom is 0.329 e. The van der Waals surface area contributed by atoms with Gasteiger partial charge in [0.25, 0.3) is 10.0 Å². The van der Waals surface area contributed by atoms with Crippen LogP contribution in [-0.4, -0.2) is 14.4 Å². The third-order valence-corrected chi connectivity index (χ3v) is 3.82. The van der Waals surface area contributed by atoms with Crippen molar-refractivity contribution in [3.8, 4) is 0 Å². The molecule has 0 aliphatic rings. The molecule has 18 heavy (non-hydrogen) atoms. The van der Waals surface area contributed by atoms with Gasteiger partial charge in [0.05, 0.1) is 10.8 Å². The fourth-order valence-corrected chi connectivity index (χ4v) is 2.25. The summed E-state index contributed by atoms with van der Waals surface area (Å²) >= 11 is 0. The highest BCUT2D eigenvalue weighted by molar-refractivity contribution is 7.89. The second-order valence-electron chi connectivity index (χ2n) is 3.83. The number of hydrogen-bond donors (Lipinski definition) is 1. The minimum atomic E-state index is -3.80. The van der Waals surface area contributed by atoms with Crippen LogP contribution in [0.5, 0.6) is 0 Å². The lowest BCUT2D eigenvalue weighted by atomic mass is 10.0. The first-order valence-corrected chi connectivity index (χ1v) is 7.27. The maximum absolute atomic E-state index is 11.7. The Bertz CT molecular complexity index is 480. The molecule has 0 bridgehead atoms. The Labute approximate surface area is 107 Å². The molecule has 0 atom stereocenters. The lowest BCUT2D eigenvalue weighted by Gasteiger charge is -2.12. The first kappa shape index (κ1) is 14.7. The number of benzene rings is 1. The molecular formula is C12H17NO4S. The van der Waals surface area contributed by atoms with Crippen molar-refractivity contribution in [1.29, 1.82) is 0 Å². The van der Waals surface area contributed by atoms with Crippen LogP contribution >= 0.6 is 0 Å². The van der Waals surface area contributed by atoms with E-state index in [0.717, 1.165) is 0 Å². The zero-order valence-electron chi connectivity index (χ0n) is 10.4. The van der Waals surface area contributed by atoms with Crippen molar-refractivity contribution in [1.82, 2.24) is 4.89 Å². The monoisotopic (exact) mass is 271 g/mol. The van der Waals surface area contributed by atoms with Crippen LogP contribution in [0.2, 0.25) is 0 Å². The average molecular weight is 271 g/mol. The summed E-state index contributed by atoms with van der Waals surface area (Å²) in [7, 11) is -3.80. The van der Waals surface area contributed by atoms with Crippen molar-refractivity contribution in [2.75, 3.05) is 0 Å². The molecule has 0 spiro atoms. The molecule has 0 saturated heterocycles. The average Bonchev–Trinajstić information content (AvgIpc) is 2.39. The van der Waals surface area contributed by atoms with Gasteiger partial charge in [-0.3, -0.25) is 4.79 Å². The first-order valence-electron chi connectivity index (χ1n) is 5.78. The standard InChI is InChI=1S/C12H17NO4S/c1-3-10(4-2)12(14)17-13-18(15,16)11-8-6-5-7-9-11/h5-10,13H,3-4H2,1-2H3. The molecule has 0 aliphatic carbocycles. The second-order valence-corrected chi connectivity index (χ2v) is 5.48. The minimum absolute atomic E-state index is 0.0577. The summed E-state index contributed by atoms with van der Waals surface area (Å²) in [4.78, 5) is 18.1. The van der Waals surface area contributed by atoms with Crippen molar-refractivity contribution in [2.24, 2.45) is 5.92 Å². The summed E-state index contributed by atoms with van der Waals surface area (Å²) in [6, 6.07) is 7.74. The molecule has 0 aliphatic heterocycles. The topological polar surface area (TPSA) is 72.5 Å². The Morgan fingerprint density at radius 3 is 2.28 bits per heavy atom. The Morgan fingerprint density at radius 2 is 1.78 bits per heavy atom. The largest absolute Gasteiger partial charge is 0.355 e. The van der Waals surface area contributed by atoms with E-state index in [1.54, 1.807) is 18.2 Å². The van der Waals surface area contributed by atoms with Gasteiger partial charge in [-0.2, -0.15) is 0 Å². The molecule has 1 aromatic carbocycles. The summed E-state index contributed by atoms with van der Waals surface area (Å²) in [5.74, 6) is -0.844. The Balaban J connectivity index is 2.66. The summed E-state index contributed by atoms with van der Waals surface area (Å²) in [6.07, 6.45) is 1.23. The SMILES string of the molecule is CCC(CC)C(=O)ONS(=O)(=O)c1ccccc1. The van der Waals surface area contributed by atoms with Gasteiger partial charge in [-0.05, 0) is 29.9 Å². The summed E-state index contributed by atoms with van der Waals surface area (Å²) in [6.45, 7) is 3.70. The molecule has 100 valence electrons. The van der Waals surface area contributed by atoms with Crippen LogP contribution in [0.4, 0.5) is 0 Å². The summed E-state index contributed by atoms with van der Waals surface area (Å²) in [5.41, 5.74) is 0. The molecule has 6 heteroatoms. The van der Waals surface area contributed by atoms with E-state index in [9.17, 15) is 13.2 Å². The molecule has 1 rings (SSSR count). The van der Waals surface area contributed by atoms with Gasteiger partial charge in [0.15, 0.2) is 0 Å². The number of sulfonamides is 1. The van der Waals surface area contributed by atoms with Crippen LogP contribution in [0, 0.1) is 5.92 Å². The van der Waals surface area contributed by atoms with Crippen LogP contribution in [0.25, 0.3) is 0 Å². The number of carbonyl (C=O) groups excluding carboxylic acids is 1. The third kappa shape index (κ3) is 3.82. The normalized spacial score (nSPS) is 11.5.